The minimum atomic E-state index is 0.750. The topological polar surface area (TPSA) is 17.1 Å². The van der Waals surface area contributed by atoms with Gasteiger partial charge in [0.1, 0.15) is 6.29 Å². The predicted molar refractivity (Wildman–Crippen MR) is 34.6 cm³/mol. The lowest BCUT2D eigenvalue weighted by Crippen LogP contribution is -1.79. The van der Waals surface area contributed by atoms with Crippen molar-refractivity contribution >= 4 is 6.29 Å². The number of aldehydes is 1. The Kier molecular flexibility index (Phi) is 2.85. The van der Waals surface area contributed by atoms with E-state index in [1.165, 1.54) is 0 Å². The average Bonchev–Trinajstić information content (AvgIpc) is 1.84. The molecule has 0 aliphatic heterocycles. The molecule has 0 aliphatic carbocycles. The van der Waals surface area contributed by atoms with E-state index in [4.69, 9.17) is 0 Å². The highest BCUT2D eigenvalue weighted by Crippen LogP contribution is 1.98. The molecule has 0 spiro atoms. The van der Waals surface area contributed by atoms with Crippen molar-refractivity contribution in [3.63, 3.8) is 0 Å². The molecule has 0 atom stereocenters. The van der Waals surface area contributed by atoms with Crippen LogP contribution in [0.3, 0.4) is 0 Å². The van der Waals surface area contributed by atoms with Gasteiger partial charge in [0.15, 0.2) is 0 Å². The van der Waals surface area contributed by atoms with Crippen molar-refractivity contribution in [3.05, 3.63) is 23.8 Å². The summed E-state index contributed by atoms with van der Waals surface area (Å²) in [5, 5.41) is 0. The molecule has 0 aliphatic rings. The van der Waals surface area contributed by atoms with E-state index in [1.54, 1.807) is 13.0 Å². The summed E-state index contributed by atoms with van der Waals surface area (Å²) in [6, 6.07) is 0. The van der Waals surface area contributed by atoms with Gasteiger partial charge < -0.3 is 0 Å². The number of hydrogen-bond acceptors (Lipinski definition) is 1. The molecule has 0 heterocycles. The van der Waals surface area contributed by atoms with Gasteiger partial charge in [-0.2, -0.15) is 0 Å². The fourth-order valence-corrected chi connectivity index (χ4v) is 0.254. The first-order valence-electron chi connectivity index (χ1n) is 2.47. The minimum Gasteiger partial charge on any atom is -0.298 e. The second-order valence-corrected chi connectivity index (χ2v) is 1.69. The van der Waals surface area contributed by atoms with Gasteiger partial charge in [0.2, 0.25) is 0 Å². The first-order valence-corrected chi connectivity index (χ1v) is 2.47. The maximum atomic E-state index is 10.00. The summed E-state index contributed by atoms with van der Waals surface area (Å²) in [6.07, 6.45) is 2.50. The van der Waals surface area contributed by atoms with Crippen LogP contribution >= 0.6 is 0 Å². The molecule has 1 heteroatoms. The summed E-state index contributed by atoms with van der Waals surface area (Å²) >= 11 is 0. The molecular formula is C7H10O. The van der Waals surface area contributed by atoms with Gasteiger partial charge >= 0.3 is 0 Å². The molecule has 0 saturated carbocycles. The van der Waals surface area contributed by atoms with Crippen LogP contribution in [-0.2, 0) is 4.79 Å². The van der Waals surface area contributed by atoms with E-state index in [9.17, 15) is 4.79 Å². The van der Waals surface area contributed by atoms with E-state index in [0.29, 0.717) is 0 Å². The first-order chi connectivity index (χ1) is 3.72. The van der Waals surface area contributed by atoms with E-state index in [2.05, 4.69) is 6.58 Å². The predicted octanol–water partition coefficient (Wildman–Crippen LogP) is 1.71. The van der Waals surface area contributed by atoms with Crippen LogP contribution in [0, 0.1) is 0 Å². The highest BCUT2D eigenvalue weighted by Gasteiger charge is 1.86. The third-order valence-electron chi connectivity index (χ3n) is 1.10. The first kappa shape index (κ1) is 7.15. The second kappa shape index (κ2) is 3.19. The van der Waals surface area contributed by atoms with E-state index < -0.39 is 0 Å². The molecule has 0 aromatic rings. The summed E-state index contributed by atoms with van der Waals surface area (Å²) in [5.41, 5.74) is 1.69. The molecule has 0 fully saturated rings. The molecule has 0 radical (unpaired) electrons. The number of carbonyl (C=O) groups excluding carboxylic acids is 1. The third kappa shape index (κ3) is 1.73. The van der Waals surface area contributed by atoms with Crippen molar-refractivity contribution in [1.82, 2.24) is 0 Å². The summed E-state index contributed by atoms with van der Waals surface area (Å²) < 4.78 is 0. The molecule has 44 valence electrons. The van der Waals surface area contributed by atoms with Gasteiger partial charge in [-0.1, -0.05) is 12.7 Å². The SMILES string of the molecule is C=C/C(C)=C(\C)C=O. The Hall–Kier alpha value is -0.850. The lowest BCUT2D eigenvalue weighted by Gasteiger charge is -1.89. The Morgan fingerprint density at radius 1 is 1.38 bits per heavy atom. The highest BCUT2D eigenvalue weighted by molar-refractivity contribution is 5.74. The highest BCUT2D eigenvalue weighted by atomic mass is 16.1. The van der Waals surface area contributed by atoms with Crippen LogP contribution in [0.25, 0.3) is 0 Å². The van der Waals surface area contributed by atoms with Gasteiger partial charge in [-0.25, -0.2) is 0 Å². The molecule has 0 unspecified atom stereocenters. The zero-order valence-corrected chi connectivity index (χ0v) is 5.27. The Balaban J connectivity index is 4.25. The van der Waals surface area contributed by atoms with Crippen molar-refractivity contribution in [2.45, 2.75) is 13.8 Å². The van der Waals surface area contributed by atoms with E-state index in [-0.39, 0.29) is 0 Å². The molecular weight excluding hydrogens is 100 g/mol. The Morgan fingerprint density at radius 2 is 1.88 bits per heavy atom. The van der Waals surface area contributed by atoms with E-state index >= 15 is 0 Å². The van der Waals surface area contributed by atoms with Gasteiger partial charge in [0.25, 0.3) is 0 Å². The summed E-state index contributed by atoms with van der Waals surface area (Å²) in [5.74, 6) is 0. The van der Waals surface area contributed by atoms with Gasteiger partial charge in [0.05, 0.1) is 0 Å². The summed E-state index contributed by atoms with van der Waals surface area (Å²) in [7, 11) is 0. The molecule has 0 bridgehead atoms. The quantitative estimate of drug-likeness (QED) is 0.300. The Bertz CT molecular complexity index is 115. The van der Waals surface area contributed by atoms with Crippen LogP contribution in [0.15, 0.2) is 23.8 Å². The molecule has 0 aromatic heterocycles. The number of rotatable bonds is 2. The fraction of sp³-hybridized carbons (Fsp3) is 0.286. The molecule has 0 N–H and O–H groups in total. The monoisotopic (exact) mass is 110 g/mol. The molecule has 0 aromatic carbocycles. The molecule has 0 amide bonds. The molecule has 0 saturated heterocycles. The van der Waals surface area contributed by atoms with Crippen molar-refractivity contribution in [2.75, 3.05) is 0 Å². The van der Waals surface area contributed by atoms with Gasteiger partial charge in [0, 0.05) is 0 Å². The zero-order valence-electron chi connectivity index (χ0n) is 5.27. The van der Waals surface area contributed by atoms with Gasteiger partial charge in [-0.05, 0) is 25.0 Å². The number of hydrogen-bond donors (Lipinski definition) is 0. The van der Waals surface area contributed by atoms with E-state index in [0.717, 1.165) is 17.4 Å². The minimum absolute atomic E-state index is 0.750. The summed E-state index contributed by atoms with van der Waals surface area (Å²) in [4.78, 5) is 10.00. The van der Waals surface area contributed by atoms with Crippen LogP contribution in [-0.4, -0.2) is 6.29 Å². The molecule has 0 rings (SSSR count). The van der Waals surface area contributed by atoms with Crippen LogP contribution < -0.4 is 0 Å². The van der Waals surface area contributed by atoms with E-state index in [1.807, 2.05) is 6.92 Å². The third-order valence-corrected chi connectivity index (χ3v) is 1.10. The number of carbonyl (C=O) groups is 1. The molecule has 8 heavy (non-hydrogen) atoms. The lowest BCUT2D eigenvalue weighted by atomic mass is 10.2. The molecule has 1 nitrogen and oxygen atoms in total. The van der Waals surface area contributed by atoms with Gasteiger partial charge in [-0.15, -0.1) is 0 Å². The summed E-state index contributed by atoms with van der Waals surface area (Å²) in [6.45, 7) is 7.14. The largest absolute Gasteiger partial charge is 0.298 e. The van der Waals surface area contributed by atoms with Crippen molar-refractivity contribution in [2.24, 2.45) is 0 Å². The van der Waals surface area contributed by atoms with Crippen LogP contribution in [0.4, 0.5) is 0 Å². The standard InChI is InChI=1S/C7H10O/c1-4-6(2)7(3)5-8/h4-5H,1H2,2-3H3/b7-6+. The second-order valence-electron chi connectivity index (χ2n) is 1.69. The normalized spacial score (nSPS) is 12.2. The smallest absolute Gasteiger partial charge is 0.146 e. The van der Waals surface area contributed by atoms with Crippen LogP contribution in [0.5, 0.6) is 0 Å². The van der Waals surface area contributed by atoms with Crippen molar-refractivity contribution in [1.29, 1.82) is 0 Å². The maximum Gasteiger partial charge on any atom is 0.146 e. The maximum absolute atomic E-state index is 10.00. The zero-order chi connectivity index (χ0) is 6.57. The Morgan fingerprint density at radius 3 is 2.00 bits per heavy atom. The van der Waals surface area contributed by atoms with Gasteiger partial charge in [-0.3, -0.25) is 4.79 Å². The number of allylic oxidation sites excluding steroid dienone is 3. The lowest BCUT2D eigenvalue weighted by molar-refractivity contribution is -0.104. The van der Waals surface area contributed by atoms with Crippen LogP contribution in [0.2, 0.25) is 0 Å². The van der Waals surface area contributed by atoms with Crippen molar-refractivity contribution < 1.29 is 4.79 Å². The Labute approximate surface area is 49.7 Å². The van der Waals surface area contributed by atoms with Crippen molar-refractivity contribution in [3.8, 4) is 0 Å². The van der Waals surface area contributed by atoms with Crippen LogP contribution in [0.1, 0.15) is 13.8 Å². The average molecular weight is 110 g/mol. The fourth-order valence-electron chi connectivity index (χ4n) is 0.254.